The molecule has 86 valence electrons. The Hall–Kier alpha value is -0.990. The van der Waals surface area contributed by atoms with Gasteiger partial charge in [-0.2, -0.15) is 0 Å². The third kappa shape index (κ3) is 4.36. The van der Waals surface area contributed by atoms with E-state index < -0.39 is 0 Å². The summed E-state index contributed by atoms with van der Waals surface area (Å²) in [6, 6.07) is 0.277. The summed E-state index contributed by atoms with van der Waals surface area (Å²) in [7, 11) is 0. The van der Waals surface area contributed by atoms with E-state index in [0.717, 1.165) is 12.0 Å². The molecule has 3 heteroatoms. The average Bonchev–Trinajstić information content (AvgIpc) is 2.18. The highest BCUT2D eigenvalue weighted by atomic mass is 16.2. The van der Waals surface area contributed by atoms with E-state index in [4.69, 9.17) is 0 Å². The summed E-state index contributed by atoms with van der Waals surface area (Å²) in [5, 5.41) is 5.77. The highest BCUT2D eigenvalue weighted by Gasteiger charge is 2.22. The zero-order valence-corrected chi connectivity index (χ0v) is 9.97. The quantitative estimate of drug-likeness (QED) is 0.723. The largest absolute Gasteiger partial charge is 0.335 e. The summed E-state index contributed by atoms with van der Waals surface area (Å²) in [5.74, 6) is 0.608. The zero-order chi connectivity index (χ0) is 11.3. The standard InChI is InChI=1S/C12H22N2O/c1-9(2)8-13-12(15)14-11-7-5-4-6-10(11)3/h8,10-11H,4-7H2,1-3H3,(H2,13,14,15). The Morgan fingerprint density at radius 2 is 1.93 bits per heavy atom. The molecule has 1 aliphatic carbocycles. The first-order chi connectivity index (χ1) is 7.09. The average molecular weight is 210 g/mol. The second kappa shape index (κ2) is 5.79. The van der Waals surface area contributed by atoms with Crippen molar-refractivity contribution in [2.24, 2.45) is 5.92 Å². The van der Waals surface area contributed by atoms with Gasteiger partial charge in [0.15, 0.2) is 0 Å². The lowest BCUT2D eigenvalue weighted by molar-refractivity contribution is 0.225. The van der Waals surface area contributed by atoms with Gasteiger partial charge in [0, 0.05) is 12.2 Å². The number of hydrogen-bond donors (Lipinski definition) is 2. The van der Waals surface area contributed by atoms with Gasteiger partial charge in [-0.25, -0.2) is 4.79 Å². The van der Waals surface area contributed by atoms with E-state index in [1.807, 2.05) is 13.8 Å². The molecule has 2 atom stereocenters. The van der Waals surface area contributed by atoms with Crippen molar-refractivity contribution >= 4 is 6.03 Å². The van der Waals surface area contributed by atoms with Crippen LogP contribution in [-0.2, 0) is 0 Å². The molecule has 1 rings (SSSR count). The van der Waals surface area contributed by atoms with E-state index in [2.05, 4.69) is 17.6 Å². The maximum Gasteiger partial charge on any atom is 0.318 e. The third-order valence-corrected chi connectivity index (χ3v) is 2.92. The molecule has 0 spiro atoms. The molecule has 0 aliphatic heterocycles. The van der Waals surface area contributed by atoms with Gasteiger partial charge in [0.1, 0.15) is 0 Å². The molecule has 0 aromatic rings. The molecule has 15 heavy (non-hydrogen) atoms. The van der Waals surface area contributed by atoms with Crippen LogP contribution in [0.4, 0.5) is 4.79 Å². The second-order valence-electron chi connectivity index (χ2n) is 4.71. The Labute approximate surface area is 92.3 Å². The van der Waals surface area contributed by atoms with Gasteiger partial charge in [0.05, 0.1) is 0 Å². The number of amides is 2. The summed E-state index contributed by atoms with van der Waals surface area (Å²) in [5.41, 5.74) is 1.10. The van der Waals surface area contributed by atoms with Crippen molar-refractivity contribution in [1.29, 1.82) is 0 Å². The zero-order valence-electron chi connectivity index (χ0n) is 9.97. The highest BCUT2D eigenvalue weighted by molar-refractivity contribution is 5.75. The smallest absolute Gasteiger partial charge is 0.318 e. The molecule has 1 aliphatic rings. The third-order valence-electron chi connectivity index (χ3n) is 2.92. The fourth-order valence-corrected chi connectivity index (χ4v) is 1.95. The number of hydrogen-bond acceptors (Lipinski definition) is 1. The van der Waals surface area contributed by atoms with E-state index >= 15 is 0 Å². The molecular formula is C12H22N2O. The molecule has 2 unspecified atom stereocenters. The Balaban J connectivity index is 2.33. The number of urea groups is 1. The van der Waals surface area contributed by atoms with Crippen molar-refractivity contribution in [3.63, 3.8) is 0 Å². The van der Waals surface area contributed by atoms with Gasteiger partial charge in [-0.05, 0) is 32.6 Å². The van der Waals surface area contributed by atoms with E-state index in [1.165, 1.54) is 19.3 Å². The SMILES string of the molecule is CC(C)=CNC(=O)NC1CCCCC1C. The lowest BCUT2D eigenvalue weighted by Crippen LogP contribution is -2.44. The van der Waals surface area contributed by atoms with E-state index in [0.29, 0.717) is 12.0 Å². The minimum atomic E-state index is -0.0741. The maximum absolute atomic E-state index is 11.5. The van der Waals surface area contributed by atoms with Crippen molar-refractivity contribution < 1.29 is 4.79 Å². The molecule has 3 nitrogen and oxygen atoms in total. The summed E-state index contributed by atoms with van der Waals surface area (Å²) in [6.45, 7) is 6.14. The minimum absolute atomic E-state index is 0.0741. The molecule has 2 amide bonds. The van der Waals surface area contributed by atoms with Crippen LogP contribution in [0, 0.1) is 5.92 Å². The predicted octanol–water partition coefficient (Wildman–Crippen LogP) is 2.79. The van der Waals surface area contributed by atoms with Crippen molar-refractivity contribution in [2.45, 2.75) is 52.5 Å². The van der Waals surface area contributed by atoms with Gasteiger partial charge >= 0.3 is 6.03 Å². The number of allylic oxidation sites excluding steroid dienone is 1. The second-order valence-corrected chi connectivity index (χ2v) is 4.71. The normalized spacial score (nSPS) is 25.5. The topological polar surface area (TPSA) is 41.1 Å². The molecule has 0 heterocycles. The molecule has 0 aromatic carbocycles. The van der Waals surface area contributed by atoms with E-state index in [9.17, 15) is 4.79 Å². The molecule has 0 bridgehead atoms. The maximum atomic E-state index is 11.5. The van der Waals surface area contributed by atoms with Gasteiger partial charge in [0.2, 0.25) is 0 Å². The summed E-state index contributed by atoms with van der Waals surface area (Å²) >= 11 is 0. The Kier molecular flexibility index (Phi) is 4.66. The summed E-state index contributed by atoms with van der Waals surface area (Å²) in [6.07, 6.45) is 6.62. The first-order valence-corrected chi connectivity index (χ1v) is 5.80. The fraction of sp³-hybridized carbons (Fsp3) is 0.750. The lowest BCUT2D eigenvalue weighted by Gasteiger charge is -2.29. The number of carbonyl (C=O) groups is 1. The summed E-state index contributed by atoms with van der Waals surface area (Å²) in [4.78, 5) is 11.5. The first-order valence-electron chi connectivity index (χ1n) is 5.80. The van der Waals surface area contributed by atoms with Crippen LogP contribution < -0.4 is 10.6 Å². The molecule has 0 radical (unpaired) electrons. The van der Waals surface area contributed by atoms with Crippen LogP contribution >= 0.6 is 0 Å². The Bertz CT molecular complexity index is 244. The fourth-order valence-electron chi connectivity index (χ4n) is 1.95. The predicted molar refractivity (Wildman–Crippen MR) is 62.5 cm³/mol. The molecule has 1 saturated carbocycles. The number of rotatable bonds is 2. The van der Waals surface area contributed by atoms with Crippen LogP contribution in [-0.4, -0.2) is 12.1 Å². The lowest BCUT2D eigenvalue weighted by atomic mass is 9.86. The molecule has 0 saturated heterocycles. The van der Waals surface area contributed by atoms with Crippen molar-refractivity contribution in [3.05, 3.63) is 11.8 Å². The molecule has 2 N–H and O–H groups in total. The van der Waals surface area contributed by atoms with Crippen LogP contribution in [0.5, 0.6) is 0 Å². The van der Waals surface area contributed by atoms with Crippen LogP contribution in [0.25, 0.3) is 0 Å². The van der Waals surface area contributed by atoms with Crippen LogP contribution in [0.3, 0.4) is 0 Å². The van der Waals surface area contributed by atoms with Gasteiger partial charge in [0.25, 0.3) is 0 Å². The Morgan fingerprint density at radius 3 is 2.53 bits per heavy atom. The molecular weight excluding hydrogens is 188 g/mol. The minimum Gasteiger partial charge on any atom is -0.335 e. The molecule has 1 fully saturated rings. The summed E-state index contributed by atoms with van der Waals surface area (Å²) < 4.78 is 0. The molecule has 0 aromatic heterocycles. The van der Waals surface area contributed by atoms with Crippen LogP contribution in [0.1, 0.15) is 46.5 Å². The van der Waals surface area contributed by atoms with Gasteiger partial charge < -0.3 is 10.6 Å². The van der Waals surface area contributed by atoms with Crippen molar-refractivity contribution in [2.75, 3.05) is 0 Å². The number of nitrogens with one attached hydrogen (secondary N) is 2. The monoisotopic (exact) mass is 210 g/mol. The van der Waals surface area contributed by atoms with Gasteiger partial charge in [-0.1, -0.05) is 25.3 Å². The van der Waals surface area contributed by atoms with E-state index in [-0.39, 0.29) is 6.03 Å². The first kappa shape index (κ1) is 12.1. The van der Waals surface area contributed by atoms with Crippen molar-refractivity contribution in [1.82, 2.24) is 10.6 Å². The van der Waals surface area contributed by atoms with Crippen LogP contribution in [0.15, 0.2) is 11.8 Å². The highest BCUT2D eigenvalue weighted by Crippen LogP contribution is 2.23. The Morgan fingerprint density at radius 1 is 1.27 bits per heavy atom. The van der Waals surface area contributed by atoms with Gasteiger partial charge in [-0.15, -0.1) is 0 Å². The van der Waals surface area contributed by atoms with E-state index in [1.54, 1.807) is 6.20 Å². The number of carbonyl (C=O) groups excluding carboxylic acids is 1. The van der Waals surface area contributed by atoms with Crippen LogP contribution in [0.2, 0.25) is 0 Å². The van der Waals surface area contributed by atoms with Crippen molar-refractivity contribution in [3.8, 4) is 0 Å². The van der Waals surface area contributed by atoms with Gasteiger partial charge in [-0.3, -0.25) is 0 Å².